The van der Waals surface area contributed by atoms with E-state index in [9.17, 15) is 0 Å². The fourth-order valence-corrected chi connectivity index (χ4v) is 9.45. The van der Waals surface area contributed by atoms with Crippen LogP contribution in [0.5, 0.6) is 0 Å². The number of rotatable bonds is 5. The van der Waals surface area contributed by atoms with Crippen molar-refractivity contribution in [3.05, 3.63) is 212 Å². The van der Waals surface area contributed by atoms with E-state index in [0.29, 0.717) is 17.5 Å². The molecule has 12 rings (SSSR count). The highest BCUT2D eigenvalue weighted by Crippen LogP contribution is 2.45. The zero-order valence-electron chi connectivity index (χ0n) is 32.5. The first-order chi connectivity index (χ1) is 29.8. The highest BCUT2D eigenvalue weighted by atomic mass is 15.0. The number of hydrogen-bond donors (Lipinski definition) is 0. The first-order valence-electron chi connectivity index (χ1n) is 20.4. The Kier molecular flexibility index (Phi) is 7.85. The van der Waals surface area contributed by atoms with Crippen LogP contribution in [0.25, 0.3) is 121 Å². The third-order valence-electron chi connectivity index (χ3n) is 12.1. The van der Waals surface area contributed by atoms with Gasteiger partial charge in [-0.1, -0.05) is 200 Å². The van der Waals surface area contributed by atoms with Crippen LogP contribution in [0.3, 0.4) is 0 Å². The quantitative estimate of drug-likeness (QED) is 0.129. The highest BCUT2D eigenvalue weighted by molar-refractivity contribution is 6.33. The van der Waals surface area contributed by atoms with Crippen LogP contribution >= 0.6 is 0 Å². The van der Waals surface area contributed by atoms with Gasteiger partial charge in [-0.25, -0.2) is 15.0 Å². The second-order valence-electron chi connectivity index (χ2n) is 15.4. The lowest BCUT2D eigenvalue weighted by atomic mass is 9.87. The molecule has 12 aromatic rings. The standard InChI is InChI=1S/C57H35N3/c1-3-18-36(19-4-1)52-46-30-13-15-32-48(46)54(49-33-16-14-31-47(49)52)57-59-55(37-20-5-2-6-21-37)58-56(60-57)39-23-17-22-38(34-39)50-35-51-42-26-8-7-24-40(42)41-25-9-11-28-44(41)53(51)45-29-12-10-27-43(45)50/h1-35H. The minimum atomic E-state index is 0.627. The second kappa shape index (κ2) is 13.8. The van der Waals surface area contributed by atoms with Gasteiger partial charge < -0.3 is 0 Å². The lowest BCUT2D eigenvalue weighted by Gasteiger charge is -2.18. The van der Waals surface area contributed by atoms with Crippen LogP contribution in [0.4, 0.5) is 0 Å². The first-order valence-corrected chi connectivity index (χ1v) is 20.4. The molecule has 0 saturated heterocycles. The van der Waals surface area contributed by atoms with E-state index in [2.05, 4.69) is 194 Å². The summed E-state index contributed by atoms with van der Waals surface area (Å²) in [6, 6.07) is 75.8. The Hall–Kier alpha value is -8.01. The minimum absolute atomic E-state index is 0.627. The van der Waals surface area contributed by atoms with Gasteiger partial charge in [-0.2, -0.15) is 0 Å². The van der Waals surface area contributed by atoms with Gasteiger partial charge in [-0.05, 0) is 99.0 Å². The third kappa shape index (κ3) is 5.40. The van der Waals surface area contributed by atoms with Crippen molar-refractivity contribution >= 4 is 64.6 Å². The van der Waals surface area contributed by atoms with Crippen molar-refractivity contribution < 1.29 is 0 Å². The van der Waals surface area contributed by atoms with Crippen molar-refractivity contribution in [1.82, 2.24) is 15.0 Å². The zero-order chi connectivity index (χ0) is 39.6. The smallest absolute Gasteiger partial charge is 0.165 e. The number of nitrogens with zero attached hydrogens (tertiary/aromatic N) is 3. The number of fused-ring (bicyclic) bond motifs is 10. The van der Waals surface area contributed by atoms with Crippen LogP contribution in [0, 0.1) is 0 Å². The third-order valence-corrected chi connectivity index (χ3v) is 12.1. The maximum Gasteiger partial charge on any atom is 0.165 e. The molecule has 0 atom stereocenters. The summed E-state index contributed by atoms with van der Waals surface area (Å²) < 4.78 is 0. The molecule has 60 heavy (non-hydrogen) atoms. The van der Waals surface area contributed by atoms with E-state index >= 15 is 0 Å². The van der Waals surface area contributed by atoms with Gasteiger partial charge in [0.15, 0.2) is 17.5 Å². The predicted octanol–water partition coefficient (Wildman–Crippen LogP) is 15.1. The summed E-state index contributed by atoms with van der Waals surface area (Å²) in [7, 11) is 0. The van der Waals surface area contributed by atoms with Crippen LogP contribution in [0.15, 0.2) is 212 Å². The van der Waals surface area contributed by atoms with Gasteiger partial charge in [0, 0.05) is 16.7 Å². The maximum absolute atomic E-state index is 5.40. The van der Waals surface area contributed by atoms with E-state index in [0.717, 1.165) is 43.8 Å². The molecule has 0 amide bonds. The molecule has 0 saturated carbocycles. The Morgan fingerprint density at radius 2 is 0.600 bits per heavy atom. The van der Waals surface area contributed by atoms with E-state index in [-0.39, 0.29) is 0 Å². The van der Waals surface area contributed by atoms with E-state index in [4.69, 9.17) is 15.0 Å². The fraction of sp³-hybridized carbons (Fsp3) is 0. The van der Waals surface area contributed by atoms with Crippen LogP contribution in [-0.2, 0) is 0 Å². The Bertz CT molecular complexity index is 3590. The minimum Gasteiger partial charge on any atom is -0.208 e. The normalized spacial score (nSPS) is 11.7. The predicted molar refractivity (Wildman–Crippen MR) is 252 cm³/mol. The Morgan fingerprint density at radius 1 is 0.217 bits per heavy atom. The van der Waals surface area contributed by atoms with Gasteiger partial charge in [-0.3, -0.25) is 0 Å². The summed E-state index contributed by atoms with van der Waals surface area (Å²) in [6.45, 7) is 0. The Morgan fingerprint density at radius 3 is 1.20 bits per heavy atom. The first kappa shape index (κ1) is 34.1. The highest BCUT2D eigenvalue weighted by Gasteiger charge is 2.21. The van der Waals surface area contributed by atoms with Crippen LogP contribution in [-0.4, -0.2) is 15.0 Å². The fourth-order valence-electron chi connectivity index (χ4n) is 9.45. The molecule has 0 aliphatic carbocycles. The lowest BCUT2D eigenvalue weighted by molar-refractivity contribution is 1.08. The summed E-state index contributed by atoms with van der Waals surface area (Å²) in [5.41, 5.74) is 7.53. The topological polar surface area (TPSA) is 38.7 Å². The molecule has 1 heterocycles. The zero-order valence-corrected chi connectivity index (χ0v) is 32.5. The molecule has 0 aliphatic heterocycles. The van der Waals surface area contributed by atoms with Gasteiger partial charge in [-0.15, -0.1) is 0 Å². The summed E-state index contributed by atoms with van der Waals surface area (Å²) in [5.74, 6) is 1.91. The molecule has 0 fully saturated rings. The summed E-state index contributed by atoms with van der Waals surface area (Å²) >= 11 is 0. The van der Waals surface area contributed by atoms with Crippen molar-refractivity contribution in [1.29, 1.82) is 0 Å². The molecule has 0 radical (unpaired) electrons. The van der Waals surface area contributed by atoms with E-state index in [1.807, 2.05) is 18.2 Å². The number of benzene rings is 11. The van der Waals surface area contributed by atoms with Gasteiger partial charge in [0.2, 0.25) is 0 Å². The second-order valence-corrected chi connectivity index (χ2v) is 15.4. The maximum atomic E-state index is 5.40. The van der Waals surface area contributed by atoms with Gasteiger partial charge in [0.25, 0.3) is 0 Å². The molecule has 0 spiro atoms. The van der Waals surface area contributed by atoms with Crippen molar-refractivity contribution in [2.75, 3.05) is 0 Å². The SMILES string of the molecule is c1ccc(-c2nc(-c3cccc(-c4cc5c6ccccc6c6ccccc6c5c5ccccc45)c3)nc(-c3c4ccccc4c(-c4ccccc4)c4ccccc34)n2)cc1. The van der Waals surface area contributed by atoms with Crippen LogP contribution < -0.4 is 0 Å². The van der Waals surface area contributed by atoms with E-state index in [1.165, 1.54) is 59.8 Å². The number of hydrogen-bond acceptors (Lipinski definition) is 3. The van der Waals surface area contributed by atoms with E-state index in [1.54, 1.807) is 0 Å². The summed E-state index contributed by atoms with van der Waals surface area (Å²) in [6.07, 6.45) is 0. The molecule has 0 N–H and O–H groups in total. The lowest BCUT2D eigenvalue weighted by Crippen LogP contribution is -2.01. The van der Waals surface area contributed by atoms with Crippen LogP contribution in [0.2, 0.25) is 0 Å². The van der Waals surface area contributed by atoms with Crippen molar-refractivity contribution in [2.24, 2.45) is 0 Å². The molecule has 11 aromatic carbocycles. The average molecular weight is 762 g/mol. The molecule has 3 nitrogen and oxygen atoms in total. The average Bonchev–Trinajstić information content (AvgIpc) is 3.33. The molecular formula is C57H35N3. The number of aromatic nitrogens is 3. The molecular weight excluding hydrogens is 727 g/mol. The molecule has 1 aromatic heterocycles. The molecule has 3 heteroatoms. The van der Waals surface area contributed by atoms with E-state index < -0.39 is 0 Å². The molecule has 278 valence electrons. The molecule has 0 aliphatic rings. The van der Waals surface area contributed by atoms with Crippen molar-refractivity contribution in [3.63, 3.8) is 0 Å². The monoisotopic (exact) mass is 761 g/mol. The van der Waals surface area contributed by atoms with Gasteiger partial charge >= 0.3 is 0 Å². The molecule has 0 bridgehead atoms. The largest absolute Gasteiger partial charge is 0.208 e. The van der Waals surface area contributed by atoms with Crippen molar-refractivity contribution in [3.8, 4) is 56.4 Å². The summed E-state index contributed by atoms with van der Waals surface area (Å²) in [4.78, 5) is 15.9. The Balaban J connectivity index is 1.11. The summed E-state index contributed by atoms with van der Waals surface area (Å²) in [5, 5.41) is 14.6. The Labute approximate surface area is 346 Å². The van der Waals surface area contributed by atoms with Gasteiger partial charge in [0.1, 0.15) is 0 Å². The van der Waals surface area contributed by atoms with Gasteiger partial charge in [0.05, 0.1) is 0 Å². The van der Waals surface area contributed by atoms with Crippen molar-refractivity contribution in [2.45, 2.75) is 0 Å². The van der Waals surface area contributed by atoms with Crippen LogP contribution in [0.1, 0.15) is 0 Å². The molecule has 0 unspecified atom stereocenters.